The first-order chi connectivity index (χ1) is 16.6. The van der Waals surface area contributed by atoms with Crippen molar-refractivity contribution in [2.45, 2.75) is 52.7 Å². The Morgan fingerprint density at radius 2 is 1.43 bits per heavy atom. The van der Waals surface area contributed by atoms with E-state index in [-0.39, 0.29) is 12.4 Å². The standard InChI is InChI=1S/C31H36N2O2/c1-23(26-16-10-7-11-17-26)29(21-30(34)35-31(3,4)5)24(2)33(32)22-28-19-13-12-18-27(28)20-25-14-8-6-9-15-25/h6-19H,1,20-22,32H2,2-5H3/b29-24-. The van der Waals surface area contributed by atoms with Crippen molar-refractivity contribution < 1.29 is 9.53 Å². The normalized spacial score (nSPS) is 12.0. The molecule has 3 aromatic rings. The lowest BCUT2D eigenvalue weighted by Gasteiger charge is -2.26. The van der Waals surface area contributed by atoms with Crippen LogP contribution in [-0.2, 0) is 22.5 Å². The molecule has 182 valence electrons. The number of hydrogen-bond acceptors (Lipinski definition) is 4. The van der Waals surface area contributed by atoms with Crippen molar-refractivity contribution in [3.05, 3.63) is 125 Å². The van der Waals surface area contributed by atoms with E-state index in [9.17, 15) is 4.79 Å². The Morgan fingerprint density at radius 3 is 2.03 bits per heavy atom. The first-order valence-corrected chi connectivity index (χ1v) is 11.9. The Labute approximate surface area is 209 Å². The zero-order valence-electron chi connectivity index (χ0n) is 21.3. The van der Waals surface area contributed by atoms with Gasteiger partial charge in [-0.15, -0.1) is 0 Å². The van der Waals surface area contributed by atoms with E-state index in [4.69, 9.17) is 10.6 Å². The lowest BCUT2D eigenvalue weighted by molar-refractivity contribution is -0.153. The molecule has 4 heteroatoms. The maximum Gasteiger partial charge on any atom is 0.310 e. The van der Waals surface area contributed by atoms with Gasteiger partial charge in [0, 0.05) is 5.70 Å². The first-order valence-electron chi connectivity index (χ1n) is 11.9. The minimum Gasteiger partial charge on any atom is -0.460 e. The fourth-order valence-corrected chi connectivity index (χ4v) is 3.96. The predicted molar refractivity (Wildman–Crippen MR) is 144 cm³/mol. The van der Waals surface area contributed by atoms with Gasteiger partial charge in [0.2, 0.25) is 0 Å². The Kier molecular flexibility index (Phi) is 8.67. The summed E-state index contributed by atoms with van der Waals surface area (Å²) in [6.07, 6.45) is 0.922. The Hall–Kier alpha value is -3.63. The second kappa shape index (κ2) is 11.7. The molecule has 0 aliphatic carbocycles. The largest absolute Gasteiger partial charge is 0.460 e. The topological polar surface area (TPSA) is 55.6 Å². The van der Waals surface area contributed by atoms with Gasteiger partial charge in [0.1, 0.15) is 5.60 Å². The third-order valence-electron chi connectivity index (χ3n) is 5.79. The first kappa shape index (κ1) is 26.0. The third-order valence-corrected chi connectivity index (χ3v) is 5.79. The van der Waals surface area contributed by atoms with E-state index in [1.807, 2.05) is 70.2 Å². The summed E-state index contributed by atoms with van der Waals surface area (Å²) in [5.41, 5.74) is 6.32. The summed E-state index contributed by atoms with van der Waals surface area (Å²) in [6, 6.07) is 28.6. The molecule has 3 rings (SSSR count). The van der Waals surface area contributed by atoms with Crippen LogP contribution in [0.15, 0.2) is 103 Å². The fraction of sp³-hybridized carbons (Fsp3) is 0.258. The molecule has 0 saturated carbocycles. The van der Waals surface area contributed by atoms with Gasteiger partial charge in [-0.2, -0.15) is 0 Å². The maximum absolute atomic E-state index is 12.8. The van der Waals surface area contributed by atoms with Crippen molar-refractivity contribution >= 4 is 11.5 Å². The minimum atomic E-state index is -0.567. The van der Waals surface area contributed by atoms with E-state index in [2.05, 4.69) is 49.0 Å². The highest BCUT2D eigenvalue weighted by atomic mass is 16.6. The van der Waals surface area contributed by atoms with Crippen LogP contribution in [0.25, 0.3) is 5.57 Å². The van der Waals surface area contributed by atoms with Gasteiger partial charge in [0.05, 0.1) is 13.0 Å². The molecule has 3 aromatic carbocycles. The van der Waals surface area contributed by atoms with Crippen molar-refractivity contribution in [2.75, 3.05) is 0 Å². The van der Waals surface area contributed by atoms with Gasteiger partial charge < -0.3 is 9.75 Å². The van der Waals surface area contributed by atoms with Crippen LogP contribution in [0.1, 0.15) is 56.4 Å². The number of carbonyl (C=O) groups excluding carboxylic acids is 1. The Balaban J connectivity index is 1.90. The number of allylic oxidation sites excluding steroid dienone is 2. The third kappa shape index (κ3) is 7.69. The molecule has 2 N–H and O–H groups in total. The number of ether oxygens (including phenoxy) is 1. The number of nitrogens with two attached hydrogens (primary N) is 1. The molecular weight excluding hydrogens is 432 g/mol. The smallest absolute Gasteiger partial charge is 0.310 e. The summed E-state index contributed by atoms with van der Waals surface area (Å²) < 4.78 is 5.61. The second-order valence-corrected chi connectivity index (χ2v) is 9.73. The van der Waals surface area contributed by atoms with Crippen LogP contribution in [0.5, 0.6) is 0 Å². The fourth-order valence-electron chi connectivity index (χ4n) is 3.96. The van der Waals surface area contributed by atoms with Gasteiger partial charge in [-0.1, -0.05) is 91.5 Å². The zero-order chi connectivity index (χ0) is 25.4. The number of hydrogen-bond donors (Lipinski definition) is 1. The lowest BCUT2D eigenvalue weighted by Crippen LogP contribution is -2.31. The quantitative estimate of drug-likeness (QED) is 0.165. The Bertz CT molecular complexity index is 1180. The molecule has 0 spiro atoms. The lowest BCUT2D eigenvalue weighted by atomic mass is 9.95. The maximum atomic E-state index is 12.8. The van der Waals surface area contributed by atoms with Crippen LogP contribution in [0.2, 0.25) is 0 Å². The van der Waals surface area contributed by atoms with Gasteiger partial charge >= 0.3 is 5.97 Å². The number of rotatable bonds is 9. The number of esters is 1. The van der Waals surface area contributed by atoms with E-state index in [0.717, 1.165) is 34.4 Å². The van der Waals surface area contributed by atoms with E-state index in [1.165, 1.54) is 11.1 Å². The van der Waals surface area contributed by atoms with Crippen molar-refractivity contribution in [2.24, 2.45) is 5.84 Å². The van der Waals surface area contributed by atoms with Gasteiger partial charge in [-0.05, 0) is 67.5 Å². The average molecular weight is 469 g/mol. The summed E-state index contributed by atoms with van der Waals surface area (Å²) in [7, 11) is 0. The summed E-state index contributed by atoms with van der Waals surface area (Å²) >= 11 is 0. The van der Waals surface area contributed by atoms with Gasteiger partial charge in [0.15, 0.2) is 0 Å². The monoisotopic (exact) mass is 468 g/mol. The molecule has 0 unspecified atom stereocenters. The van der Waals surface area contributed by atoms with Crippen LogP contribution in [0, 0.1) is 0 Å². The highest BCUT2D eigenvalue weighted by molar-refractivity contribution is 5.85. The summed E-state index contributed by atoms with van der Waals surface area (Å²) in [5, 5.41) is 1.71. The van der Waals surface area contributed by atoms with E-state index >= 15 is 0 Å². The SMILES string of the molecule is C=C(/C(CC(=O)OC(C)(C)C)=C(/C)N(N)Cc1ccccc1Cc1ccccc1)c1ccccc1. The van der Waals surface area contributed by atoms with Crippen molar-refractivity contribution in [1.82, 2.24) is 5.01 Å². The molecule has 35 heavy (non-hydrogen) atoms. The number of benzene rings is 3. The highest BCUT2D eigenvalue weighted by Crippen LogP contribution is 2.29. The predicted octanol–water partition coefficient (Wildman–Crippen LogP) is 6.67. The molecule has 0 aliphatic heterocycles. The van der Waals surface area contributed by atoms with Crippen LogP contribution in [0.3, 0.4) is 0 Å². The van der Waals surface area contributed by atoms with Crippen LogP contribution in [0.4, 0.5) is 0 Å². The molecule has 0 radical (unpaired) electrons. The molecule has 0 bridgehead atoms. The molecule has 0 fully saturated rings. The van der Waals surface area contributed by atoms with Crippen molar-refractivity contribution in [3.8, 4) is 0 Å². The van der Waals surface area contributed by atoms with E-state index in [0.29, 0.717) is 6.54 Å². The summed E-state index contributed by atoms with van der Waals surface area (Å²) in [5.74, 6) is 6.31. The molecule has 0 amide bonds. The molecular formula is C31H36N2O2. The minimum absolute atomic E-state index is 0.0934. The molecule has 0 atom stereocenters. The zero-order valence-corrected chi connectivity index (χ0v) is 21.3. The summed E-state index contributed by atoms with van der Waals surface area (Å²) in [4.78, 5) is 12.8. The van der Waals surface area contributed by atoms with Gasteiger partial charge in [0.25, 0.3) is 0 Å². The van der Waals surface area contributed by atoms with E-state index < -0.39 is 5.60 Å². The van der Waals surface area contributed by atoms with Crippen LogP contribution in [-0.4, -0.2) is 16.6 Å². The highest BCUT2D eigenvalue weighted by Gasteiger charge is 2.22. The molecule has 4 nitrogen and oxygen atoms in total. The van der Waals surface area contributed by atoms with Crippen LogP contribution >= 0.6 is 0 Å². The number of carbonyl (C=O) groups is 1. The molecule has 0 aliphatic rings. The molecule has 0 heterocycles. The van der Waals surface area contributed by atoms with Gasteiger partial charge in [-0.25, -0.2) is 5.84 Å². The van der Waals surface area contributed by atoms with Crippen LogP contribution < -0.4 is 5.84 Å². The molecule has 0 aromatic heterocycles. The Morgan fingerprint density at radius 1 is 0.886 bits per heavy atom. The van der Waals surface area contributed by atoms with E-state index in [1.54, 1.807) is 5.01 Å². The van der Waals surface area contributed by atoms with Crippen molar-refractivity contribution in [1.29, 1.82) is 0 Å². The summed E-state index contributed by atoms with van der Waals surface area (Å²) in [6.45, 7) is 12.4. The number of nitrogens with zero attached hydrogens (tertiary/aromatic N) is 1. The molecule has 0 saturated heterocycles. The van der Waals surface area contributed by atoms with Crippen molar-refractivity contribution in [3.63, 3.8) is 0 Å². The van der Waals surface area contributed by atoms with Gasteiger partial charge in [-0.3, -0.25) is 4.79 Å². The second-order valence-electron chi connectivity index (χ2n) is 9.73. The average Bonchev–Trinajstić information content (AvgIpc) is 2.83. The number of hydrazine groups is 1.